The Morgan fingerprint density at radius 2 is 2.06 bits per heavy atom. The highest BCUT2D eigenvalue weighted by atomic mass is 16.6. The van der Waals surface area contributed by atoms with Crippen molar-refractivity contribution in [3.05, 3.63) is 58.6 Å². The predicted molar refractivity (Wildman–Crippen MR) is 140 cm³/mol. The molecule has 0 radical (unpaired) electrons. The second kappa shape index (κ2) is 10.1. The highest BCUT2D eigenvalue weighted by molar-refractivity contribution is 5.79. The number of nitrogens with one attached hydrogen (secondary N) is 1. The summed E-state index contributed by atoms with van der Waals surface area (Å²) in [7, 11) is 0. The molecular weight excluding hydrogens is 452 g/mol. The van der Waals surface area contributed by atoms with Gasteiger partial charge in [-0.25, -0.2) is 0 Å². The highest BCUT2D eigenvalue weighted by Gasteiger charge is 2.35. The van der Waals surface area contributed by atoms with Gasteiger partial charge in [-0.1, -0.05) is 32.0 Å². The van der Waals surface area contributed by atoms with Crippen molar-refractivity contribution in [2.24, 2.45) is 17.7 Å². The molecule has 192 valence electrons. The number of hydrogen-bond acceptors (Lipinski definition) is 6. The fourth-order valence-corrected chi connectivity index (χ4v) is 5.09. The van der Waals surface area contributed by atoms with Gasteiger partial charge in [-0.2, -0.15) is 16.1 Å². The Kier molecular flexibility index (Phi) is 6.88. The molecule has 3 aromatic rings. The molecule has 8 heteroatoms. The van der Waals surface area contributed by atoms with E-state index >= 15 is 0 Å². The first-order valence-corrected chi connectivity index (χ1v) is 13.3. The van der Waals surface area contributed by atoms with Gasteiger partial charge in [0.15, 0.2) is 0 Å². The molecule has 2 aliphatic rings. The number of nitrogens with two attached hydrogens (primary N) is 1. The maximum atomic E-state index is 5.83. The average Bonchev–Trinajstić information content (AvgIpc) is 3.74. The van der Waals surface area contributed by atoms with E-state index in [1.54, 1.807) is 0 Å². The Bertz CT molecular complexity index is 1250. The number of aryl methyl sites for hydroxylation is 1. The summed E-state index contributed by atoms with van der Waals surface area (Å²) < 4.78 is 7.73. The molecule has 36 heavy (non-hydrogen) atoms. The quantitative estimate of drug-likeness (QED) is 0.190. The number of rotatable bonds is 11. The SMILES string of the molecule is C/C=C(\C(=C(/ON)C1CC1)c1ccn(CC)n1)C(C)Cc1cc(-c2c(C(C)C)noc2C2CC2)n[nH]1. The summed E-state index contributed by atoms with van der Waals surface area (Å²) in [5.41, 5.74) is 7.19. The molecule has 0 aliphatic heterocycles. The van der Waals surface area contributed by atoms with E-state index in [9.17, 15) is 0 Å². The molecule has 2 saturated carbocycles. The minimum Gasteiger partial charge on any atom is -0.415 e. The molecular formula is C28H38N6O2. The van der Waals surface area contributed by atoms with Crippen molar-refractivity contribution >= 4 is 5.57 Å². The molecule has 0 spiro atoms. The molecule has 1 unspecified atom stereocenters. The van der Waals surface area contributed by atoms with E-state index in [0.717, 1.165) is 84.1 Å². The first-order chi connectivity index (χ1) is 17.4. The third-order valence-corrected chi connectivity index (χ3v) is 7.33. The summed E-state index contributed by atoms with van der Waals surface area (Å²) in [5, 5.41) is 17.2. The molecule has 0 amide bonds. The van der Waals surface area contributed by atoms with E-state index in [1.165, 1.54) is 5.57 Å². The van der Waals surface area contributed by atoms with Gasteiger partial charge in [-0.05, 0) is 75.5 Å². The largest absolute Gasteiger partial charge is 0.415 e. The predicted octanol–water partition coefficient (Wildman–Crippen LogP) is 6.12. The van der Waals surface area contributed by atoms with Gasteiger partial charge in [0.2, 0.25) is 0 Å². The second-order valence-corrected chi connectivity index (χ2v) is 10.6. The van der Waals surface area contributed by atoms with E-state index in [0.29, 0.717) is 11.8 Å². The van der Waals surface area contributed by atoms with Crippen LogP contribution in [0.15, 0.2) is 40.3 Å². The van der Waals surface area contributed by atoms with Crippen LogP contribution in [0.2, 0.25) is 0 Å². The zero-order valence-electron chi connectivity index (χ0n) is 22.0. The molecule has 2 fully saturated rings. The fourth-order valence-electron chi connectivity index (χ4n) is 5.09. The fraction of sp³-hybridized carbons (Fsp3) is 0.536. The molecule has 1 atom stereocenters. The van der Waals surface area contributed by atoms with Gasteiger partial charge in [0, 0.05) is 35.8 Å². The van der Waals surface area contributed by atoms with Crippen LogP contribution in [-0.4, -0.2) is 25.1 Å². The number of hydrogen-bond donors (Lipinski definition) is 2. The molecule has 0 aromatic carbocycles. The molecule has 3 N–H and O–H groups in total. The first kappa shape index (κ1) is 24.6. The number of aromatic nitrogens is 5. The Morgan fingerprint density at radius 3 is 2.64 bits per heavy atom. The highest BCUT2D eigenvalue weighted by Crippen LogP contribution is 2.47. The standard InChI is InChI=1S/C28H38N6O2/c1-6-21(24(27(35-29)18-8-9-18)22-12-13-34(7-2)32-22)17(5)14-20-15-23(31-30-20)25-26(16(3)4)33-36-28(25)19-10-11-19/h6,12-13,15-19H,7-11,14,29H2,1-5H3,(H,30,31)/b21-6-,27-24+. The van der Waals surface area contributed by atoms with E-state index in [4.69, 9.17) is 25.5 Å². The maximum Gasteiger partial charge on any atom is 0.149 e. The lowest BCUT2D eigenvalue weighted by Gasteiger charge is -2.20. The monoisotopic (exact) mass is 490 g/mol. The molecule has 3 heterocycles. The minimum atomic E-state index is 0.198. The van der Waals surface area contributed by atoms with Crippen LogP contribution in [-0.2, 0) is 17.8 Å². The van der Waals surface area contributed by atoms with Crippen molar-refractivity contribution in [3.63, 3.8) is 0 Å². The van der Waals surface area contributed by atoms with Crippen molar-refractivity contribution in [1.82, 2.24) is 25.1 Å². The van der Waals surface area contributed by atoms with Crippen LogP contribution in [0.4, 0.5) is 0 Å². The van der Waals surface area contributed by atoms with Crippen LogP contribution < -0.4 is 5.90 Å². The summed E-state index contributed by atoms with van der Waals surface area (Å²) in [4.78, 5) is 5.50. The van der Waals surface area contributed by atoms with Crippen molar-refractivity contribution in [1.29, 1.82) is 0 Å². The van der Waals surface area contributed by atoms with Gasteiger partial charge in [-0.3, -0.25) is 9.78 Å². The smallest absolute Gasteiger partial charge is 0.149 e. The number of H-pyrrole nitrogens is 1. The number of allylic oxidation sites excluding steroid dienone is 4. The van der Waals surface area contributed by atoms with E-state index in [-0.39, 0.29) is 11.8 Å². The molecule has 0 bridgehead atoms. The Balaban J connectivity index is 1.44. The molecule has 5 rings (SSSR count). The molecule has 0 saturated heterocycles. The third kappa shape index (κ3) is 4.78. The molecule has 3 aromatic heterocycles. The molecule has 8 nitrogen and oxygen atoms in total. The number of nitrogens with zero attached hydrogens (tertiary/aromatic N) is 4. The lowest BCUT2D eigenvalue weighted by molar-refractivity contribution is 0.206. The Labute approximate surface area is 212 Å². The van der Waals surface area contributed by atoms with Crippen LogP contribution in [0, 0.1) is 11.8 Å². The van der Waals surface area contributed by atoms with Crippen molar-refractivity contribution in [2.75, 3.05) is 0 Å². The van der Waals surface area contributed by atoms with E-state index in [1.807, 2.05) is 10.9 Å². The van der Waals surface area contributed by atoms with Crippen molar-refractivity contribution in [3.8, 4) is 11.3 Å². The van der Waals surface area contributed by atoms with Gasteiger partial charge < -0.3 is 9.36 Å². The van der Waals surface area contributed by atoms with Crippen LogP contribution >= 0.6 is 0 Å². The lowest BCUT2D eigenvalue weighted by atomic mass is 9.87. The van der Waals surface area contributed by atoms with Crippen LogP contribution in [0.1, 0.15) is 95.0 Å². The zero-order valence-corrected chi connectivity index (χ0v) is 22.0. The Hall–Kier alpha value is -3.13. The van der Waals surface area contributed by atoms with Gasteiger partial charge >= 0.3 is 0 Å². The Morgan fingerprint density at radius 1 is 1.28 bits per heavy atom. The summed E-state index contributed by atoms with van der Waals surface area (Å²) in [6.45, 7) is 11.5. The summed E-state index contributed by atoms with van der Waals surface area (Å²) in [5.74, 6) is 8.97. The minimum absolute atomic E-state index is 0.198. The lowest BCUT2D eigenvalue weighted by Crippen LogP contribution is -2.12. The first-order valence-electron chi connectivity index (χ1n) is 13.3. The molecule has 2 aliphatic carbocycles. The topological polar surface area (TPSA) is 108 Å². The second-order valence-electron chi connectivity index (χ2n) is 10.6. The summed E-state index contributed by atoms with van der Waals surface area (Å²) in [6, 6.07) is 4.22. The maximum absolute atomic E-state index is 5.83. The van der Waals surface area contributed by atoms with Gasteiger partial charge in [0.05, 0.1) is 22.6 Å². The van der Waals surface area contributed by atoms with E-state index < -0.39 is 0 Å². The van der Waals surface area contributed by atoms with Crippen LogP contribution in [0.5, 0.6) is 0 Å². The third-order valence-electron chi connectivity index (χ3n) is 7.33. The van der Waals surface area contributed by atoms with E-state index in [2.05, 4.69) is 63.1 Å². The normalized spacial score (nSPS) is 18.0. The van der Waals surface area contributed by atoms with Crippen molar-refractivity contribution < 1.29 is 9.36 Å². The number of aromatic amines is 1. The van der Waals surface area contributed by atoms with Crippen LogP contribution in [0.25, 0.3) is 16.8 Å². The average molecular weight is 491 g/mol. The summed E-state index contributed by atoms with van der Waals surface area (Å²) >= 11 is 0. The van der Waals surface area contributed by atoms with Crippen molar-refractivity contribution in [2.45, 2.75) is 85.1 Å². The van der Waals surface area contributed by atoms with Gasteiger partial charge in [0.1, 0.15) is 11.5 Å². The van der Waals surface area contributed by atoms with Crippen LogP contribution in [0.3, 0.4) is 0 Å². The zero-order chi connectivity index (χ0) is 25.4. The van der Waals surface area contributed by atoms with Gasteiger partial charge in [-0.15, -0.1) is 0 Å². The summed E-state index contributed by atoms with van der Waals surface area (Å²) in [6.07, 6.45) is 9.50. The van der Waals surface area contributed by atoms with Gasteiger partial charge in [0.25, 0.3) is 0 Å².